The first-order valence-electron chi connectivity index (χ1n) is 8.49. The van der Waals surface area contributed by atoms with E-state index < -0.39 is 0 Å². The molecule has 110 valence electrons. The van der Waals surface area contributed by atoms with E-state index in [9.17, 15) is 4.79 Å². The van der Waals surface area contributed by atoms with Crippen LogP contribution in [0.25, 0.3) is 0 Å². The highest BCUT2D eigenvalue weighted by Crippen LogP contribution is 2.29. The first kappa shape index (κ1) is 14.9. The van der Waals surface area contributed by atoms with Crippen molar-refractivity contribution in [1.29, 1.82) is 0 Å². The lowest BCUT2D eigenvalue weighted by Gasteiger charge is -2.38. The summed E-state index contributed by atoms with van der Waals surface area (Å²) in [4.78, 5) is 15.1. The molecule has 19 heavy (non-hydrogen) atoms. The van der Waals surface area contributed by atoms with Crippen LogP contribution < -0.4 is 0 Å². The first-order chi connectivity index (χ1) is 9.18. The van der Waals surface area contributed by atoms with Crippen LogP contribution in [-0.4, -0.2) is 23.4 Å². The molecular weight excluding hydrogens is 234 g/mol. The zero-order valence-electron chi connectivity index (χ0n) is 12.9. The maximum atomic E-state index is 12.9. The normalized spacial score (nSPS) is 22.7. The molecule has 2 saturated carbocycles. The summed E-state index contributed by atoms with van der Waals surface area (Å²) in [5.74, 6) is 1.42. The molecule has 2 aliphatic carbocycles. The first-order valence-corrected chi connectivity index (χ1v) is 8.49. The van der Waals surface area contributed by atoms with Crippen LogP contribution in [0, 0.1) is 11.8 Å². The number of rotatable bonds is 4. The molecule has 0 aromatic carbocycles. The Kier molecular flexibility index (Phi) is 5.72. The van der Waals surface area contributed by atoms with Crippen molar-refractivity contribution < 1.29 is 4.79 Å². The molecule has 2 aliphatic rings. The van der Waals surface area contributed by atoms with Crippen LogP contribution in [0.5, 0.6) is 0 Å². The lowest BCUT2D eigenvalue weighted by atomic mass is 9.86. The fourth-order valence-corrected chi connectivity index (χ4v) is 3.79. The van der Waals surface area contributed by atoms with Crippen LogP contribution in [0.4, 0.5) is 0 Å². The summed E-state index contributed by atoms with van der Waals surface area (Å²) in [5.41, 5.74) is 0. The van der Waals surface area contributed by atoms with Gasteiger partial charge in [-0.05, 0) is 31.6 Å². The molecule has 0 radical (unpaired) electrons. The topological polar surface area (TPSA) is 20.3 Å². The van der Waals surface area contributed by atoms with Gasteiger partial charge in [-0.15, -0.1) is 0 Å². The van der Waals surface area contributed by atoms with Gasteiger partial charge in [0.25, 0.3) is 0 Å². The minimum Gasteiger partial charge on any atom is -0.339 e. The molecule has 0 aliphatic heterocycles. The molecule has 0 spiro atoms. The lowest BCUT2D eigenvalue weighted by Crippen LogP contribution is -2.46. The van der Waals surface area contributed by atoms with Gasteiger partial charge in [-0.1, -0.05) is 52.4 Å². The van der Waals surface area contributed by atoms with Gasteiger partial charge in [0.1, 0.15) is 0 Å². The van der Waals surface area contributed by atoms with Gasteiger partial charge in [0.05, 0.1) is 0 Å². The number of carbonyl (C=O) groups excluding carboxylic acids is 1. The SMILES string of the molecule is CC(C)CN(C(=O)C1CCCCC1)C1CCCCC1. The summed E-state index contributed by atoms with van der Waals surface area (Å²) in [6.45, 7) is 5.45. The Morgan fingerprint density at radius 1 is 0.947 bits per heavy atom. The largest absolute Gasteiger partial charge is 0.339 e. The van der Waals surface area contributed by atoms with Gasteiger partial charge in [-0.25, -0.2) is 0 Å². The summed E-state index contributed by atoms with van der Waals surface area (Å²) in [6, 6.07) is 0.547. The summed E-state index contributed by atoms with van der Waals surface area (Å²) in [7, 11) is 0. The van der Waals surface area contributed by atoms with E-state index >= 15 is 0 Å². The maximum absolute atomic E-state index is 12.9. The third-order valence-corrected chi connectivity index (χ3v) is 4.81. The van der Waals surface area contributed by atoms with Gasteiger partial charge in [-0.3, -0.25) is 4.79 Å². The highest BCUT2D eigenvalue weighted by Gasteiger charge is 2.31. The van der Waals surface area contributed by atoms with Crippen molar-refractivity contribution in [2.45, 2.75) is 84.1 Å². The molecule has 0 N–H and O–H groups in total. The fourth-order valence-electron chi connectivity index (χ4n) is 3.79. The van der Waals surface area contributed by atoms with E-state index in [1.807, 2.05) is 0 Å². The van der Waals surface area contributed by atoms with E-state index in [2.05, 4.69) is 18.7 Å². The number of hydrogen-bond acceptors (Lipinski definition) is 1. The van der Waals surface area contributed by atoms with Gasteiger partial charge in [0.2, 0.25) is 5.91 Å². The molecule has 0 aromatic heterocycles. The van der Waals surface area contributed by atoms with E-state index in [1.165, 1.54) is 51.4 Å². The number of amides is 1. The molecule has 0 heterocycles. The second-order valence-electron chi connectivity index (χ2n) is 7.01. The molecule has 0 bridgehead atoms. The predicted molar refractivity (Wildman–Crippen MR) is 80.0 cm³/mol. The van der Waals surface area contributed by atoms with E-state index in [1.54, 1.807) is 0 Å². The summed E-state index contributed by atoms with van der Waals surface area (Å²) in [5, 5.41) is 0. The van der Waals surface area contributed by atoms with Crippen molar-refractivity contribution in [1.82, 2.24) is 4.90 Å². The van der Waals surface area contributed by atoms with Gasteiger partial charge in [0, 0.05) is 18.5 Å². The van der Waals surface area contributed by atoms with Gasteiger partial charge >= 0.3 is 0 Å². The molecule has 0 unspecified atom stereocenters. The Morgan fingerprint density at radius 2 is 1.47 bits per heavy atom. The van der Waals surface area contributed by atoms with Crippen molar-refractivity contribution in [2.75, 3.05) is 6.54 Å². The highest BCUT2D eigenvalue weighted by atomic mass is 16.2. The van der Waals surface area contributed by atoms with Crippen molar-refractivity contribution >= 4 is 5.91 Å². The summed E-state index contributed by atoms with van der Waals surface area (Å²) >= 11 is 0. The third-order valence-electron chi connectivity index (χ3n) is 4.81. The summed E-state index contributed by atoms with van der Waals surface area (Å²) in [6.07, 6.45) is 12.6. The van der Waals surface area contributed by atoms with Crippen molar-refractivity contribution in [2.24, 2.45) is 11.8 Å². The van der Waals surface area contributed by atoms with Crippen LogP contribution in [0.2, 0.25) is 0 Å². The fraction of sp³-hybridized carbons (Fsp3) is 0.941. The minimum atomic E-state index is 0.342. The highest BCUT2D eigenvalue weighted by molar-refractivity contribution is 5.79. The van der Waals surface area contributed by atoms with Crippen LogP contribution in [0.1, 0.15) is 78.1 Å². The lowest BCUT2D eigenvalue weighted by molar-refractivity contribution is -0.140. The Bertz CT molecular complexity index is 275. The van der Waals surface area contributed by atoms with E-state index in [-0.39, 0.29) is 0 Å². The zero-order valence-corrected chi connectivity index (χ0v) is 12.9. The maximum Gasteiger partial charge on any atom is 0.225 e. The van der Waals surface area contributed by atoms with Crippen LogP contribution >= 0.6 is 0 Å². The predicted octanol–water partition coefficient (Wildman–Crippen LogP) is 4.38. The molecule has 2 heteroatoms. The van der Waals surface area contributed by atoms with Crippen LogP contribution in [-0.2, 0) is 4.79 Å². The van der Waals surface area contributed by atoms with Crippen molar-refractivity contribution in [3.8, 4) is 0 Å². The Hall–Kier alpha value is -0.530. The molecule has 2 rings (SSSR count). The average Bonchev–Trinajstić information content (AvgIpc) is 2.46. The number of carbonyl (C=O) groups is 1. The molecule has 1 amide bonds. The quantitative estimate of drug-likeness (QED) is 0.738. The second-order valence-corrected chi connectivity index (χ2v) is 7.01. The van der Waals surface area contributed by atoms with Crippen molar-refractivity contribution in [3.05, 3.63) is 0 Å². The molecular formula is C17H31NO. The monoisotopic (exact) mass is 265 g/mol. The molecule has 2 nitrogen and oxygen atoms in total. The van der Waals surface area contributed by atoms with Gasteiger partial charge < -0.3 is 4.90 Å². The van der Waals surface area contributed by atoms with Crippen LogP contribution in [0.15, 0.2) is 0 Å². The number of hydrogen-bond donors (Lipinski definition) is 0. The van der Waals surface area contributed by atoms with Crippen LogP contribution in [0.3, 0.4) is 0 Å². The minimum absolute atomic E-state index is 0.342. The Labute approximate surface area is 118 Å². The van der Waals surface area contributed by atoms with Gasteiger partial charge in [-0.2, -0.15) is 0 Å². The smallest absolute Gasteiger partial charge is 0.225 e. The van der Waals surface area contributed by atoms with E-state index in [0.29, 0.717) is 23.8 Å². The number of nitrogens with zero attached hydrogens (tertiary/aromatic N) is 1. The Morgan fingerprint density at radius 3 is 2.00 bits per heavy atom. The van der Waals surface area contributed by atoms with Crippen molar-refractivity contribution in [3.63, 3.8) is 0 Å². The standard InChI is InChI=1S/C17H31NO/c1-14(2)13-18(16-11-7-4-8-12-16)17(19)15-9-5-3-6-10-15/h14-16H,3-13H2,1-2H3. The molecule has 2 fully saturated rings. The average molecular weight is 265 g/mol. The zero-order chi connectivity index (χ0) is 13.7. The van der Waals surface area contributed by atoms with E-state index in [0.717, 1.165) is 19.4 Å². The van der Waals surface area contributed by atoms with Gasteiger partial charge in [0.15, 0.2) is 0 Å². The third kappa shape index (κ3) is 4.22. The molecule has 0 aromatic rings. The Balaban J connectivity index is 2.00. The molecule has 0 atom stereocenters. The molecule has 0 saturated heterocycles. The second kappa shape index (κ2) is 7.31. The van der Waals surface area contributed by atoms with E-state index in [4.69, 9.17) is 0 Å². The summed E-state index contributed by atoms with van der Waals surface area (Å²) < 4.78 is 0.